The molecule has 21 heavy (non-hydrogen) atoms. The predicted octanol–water partition coefficient (Wildman–Crippen LogP) is 3.98. The number of ketones is 1. The van der Waals surface area contributed by atoms with E-state index < -0.39 is 0 Å². The maximum Gasteiger partial charge on any atom is 0.137 e. The molecule has 2 saturated heterocycles. The van der Waals surface area contributed by atoms with E-state index in [1.165, 1.54) is 0 Å². The fourth-order valence-electron chi connectivity index (χ4n) is 4.23. The summed E-state index contributed by atoms with van der Waals surface area (Å²) in [5.41, 5.74) is 1.00. The van der Waals surface area contributed by atoms with Crippen molar-refractivity contribution in [2.24, 2.45) is 5.92 Å². The highest BCUT2D eigenvalue weighted by Crippen LogP contribution is 2.47. The van der Waals surface area contributed by atoms with Crippen LogP contribution >= 0.6 is 22.6 Å². The molecule has 2 nitrogen and oxygen atoms in total. The maximum absolute atomic E-state index is 13.9. The topological polar surface area (TPSA) is 20.3 Å². The number of carbonyl (C=O) groups is 1. The third kappa shape index (κ3) is 2.65. The summed E-state index contributed by atoms with van der Waals surface area (Å²) in [6, 6.07) is 6.37. The molecule has 4 heteroatoms. The number of fused-ring (bicyclic) bond motifs is 2. The molecule has 2 heterocycles. The summed E-state index contributed by atoms with van der Waals surface area (Å²) < 4.78 is 14.6. The minimum atomic E-state index is -0.165. The van der Waals surface area contributed by atoms with E-state index in [0.29, 0.717) is 27.9 Å². The number of hydrogen-bond acceptors (Lipinski definition) is 2. The zero-order valence-electron chi connectivity index (χ0n) is 12.5. The van der Waals surface area contributed by atoms with Crippen molar-refractivity contribution in [2.45, 2.75) is 50.6 Å². The van der Waals surface area contributed by atoms with E-state index in [9.17, 15) is 9.18 Å². The largest absolute Gasteiger partial charge is 0.300 e. The highest BCUT2D eigenvalue weighted by molar-refractivity contribution is 14.1. The van der Waals surface area contributed by atoms with Crippen LogP contribution in [0, 0.1) is 15.3 Å². The van der Waals surface area contributed by atoms with Gasteiger partial charge in [-0.25, -0.2) is 4.39 Å². The fraction of sp³-hybridized carbons (Fsp3) is 0.588. The standard InChI is InChI=1S/C17H21FINO/c1-3-16(21)17-12(9-11-5-7-15(17)20(11)2)10-4-6-14(19)13(18)8-10/h4,6,8,11-12,15,17H,3,5,7,9H2,1-2H3/t11-,12+,15+,17-/m0/s1. The lowest BCUT2D eigenvalue weighted by molar-refractivity contribution is -0.126. The van der Waals surface area contributed by atoms with Crippen LogP contribution in [0.5, 0.6) is 0 Å². The normalized spacial score (nSPS) is 32.4. The predicted molar refractivity (Wildman–Crippen MR) is 89.8 cm³/mol. The Morgan fingerprint density at radius 3 is 2.86 bits per heavy atom. The van der Waals surface area contributed by atoms with E-state index in [-0.39, 0.29) is 17.7 Å². The lowest BCUT2D eigenvalue weighted by Gasteiger charge is -2.42. The molecule has 4 atom stereocenters. The summed E-state index contributed by atoms with van der Waals surface area (Å²) in [5, 5.41) is 0. The van der Waals surface area contributed by atoms with Crippen molar-refractivity contribution in [3.63, 3.8) is 0 Å². The number of carbonyl (C=O) groups excluding carboxylic acids is 1. The first-order valence-corrected chi connectivity index (χ1v) is 8.80. The van der Waals surface area contributed by atoms with Crippen molar-refractivity contribution in [3.05, 3.63) is 33.1 Å². The highest BCUT2D eigenvalue weighted by atomic mass is 127. The van der Waals surface area contributed by atoms with Gasteiger partial charge in [-0.15, -0.1) is 0 Å². The van der Waals surface area contributed by atoms with Crippen LogP contribution in [0.2, 0.25) is 0 Å². The molecule has 3 rings (SSSR count). The number of hydrogen-bond donors (Lipinski definition) is 0. The van der Waals surface area contributed by atoms with Gasteiger partial charge in [0.2, 0.25) is 0 Å². The van der Waals surface area contributed by atoms with Gasteiger partial charge in [-0.2, -0.15) is 0 Å². The van der Waals surface area contributed by atoms with Gasteiger partial charge in [0, 0.05) is 28.0 Å². The molecule has 2 aliphatic rings. The van der Waals surface area contributed by atoms with Crippen molar-refractivity contribution >= 4 is 28.4 Å². The highest BCUT2D eigenvalue weighted by Gasteiger charge is 2.48. The molecule has 0 saturated carbocycles. The Bertz CT molecular complexity index is 562. The molecule has 0 aliphatic carbocycles. The summed E-state index contributed by atoms with van der Waals surface area (Å²) in [7, 11) is 2.14. The minimum absolute atomic E-state index is 0.0261. The first kappa shape index (κ1) is 15.4. The first-order chi connectivity index (χ1) is 10.0. The smallest absolute Gasteiger partial charge is 0.137 e. The zero-order valence-corrected chi connectivity index (χ0v) is 14.6. The Kier molecular flexibility index (Phi) is 4.37. The van der Waals surface area contributed by atoms with Gasteiger partial charge in [0.25, 0.3) is 0 Å². The third-order valence-corrected chi connectivity index (χ3v) is 6.24. The van der Waals surface area contributed by atoms with Gasteiger partial charge in [0.15, 0.2) is 0 Å². The van der Waals surface area contributed by atoms with Gasteiger partial charge in [-0.3, -0.25) is 9.69 Å². The van der Waals surface area contributed by atoms with Crippen molar-refractivity contribution < 1.29 is 9.18 Å². The van der Waals surface area contributed by atoms with Crippen LogP contribution in [0.1, 0.15) is 44.1 Å². The van der Waals surface area contributed by atoms with Crippen molar-refractivity contribution in [1.29, 1.82) is 0 Å². The van der Waals surface area contributed by atoms with Crippen LogP contribution in [0.3, 0.4) is 0 Å². The van der Waals surface area contributed by atoms with Crippen LogP contribution in [0.4, 0.5) is 4.39 Å². The second-order valence-electron chi connectivity index (χ2n) is 6.33. The fourth-order valence-corrected chi connectivity index (χ4v) is 4.56. The van der Waals surface area contributed by atoms with Gasteiger partial charge < -0.3 is 0 Å². The number of Topliss-reactive ketones (excluding diaryl/α,β-unsaturated/α-hetero) is 1. The summed E-state index contributed by atoms with van der Waals surface area (Å²) in [4.78, 5) is 14.9. The Labute approximate surface area is 139 Å². The number of halogens is 2. The molecular formula is C17H21FINO. The second-order valence-corrected chi connectivity index (χ2v) is 7.49. The van der Waals surface area contributed by atoms with Crippen LogP contribution in [-0.4, -0.2) is 29.8 Å². The molecule has 114 valence electrons. The molecule has 1 aromatic carbocycles. The summed E-state index contributed by atoms with van der Waals surface area (Å²) in [6.07, 6.45) is 3.81. The molecule has 0 radical (unpaired) electrons. The Morgan fingerprint density at radius 2 is 2.19 bits per heavy atom. The number of piperidine rings is 1. The molecule has 2 bridgehead atoms. The minimum Gasteiger partial charge on any atom is -0.300 e. The lowest BCUT2D eigenvalue weighted by Crippen LogP contribution is -2.48. The first-order valence-electron chi connectivity index (χ1n) is 7.72. The van der Waals surface area contributed by atoms with Crippen molar-refractivity contribution in [3.8, 4) is 0 Å². The molecular weight excluding hydrogens is 380 g/mol. The summed E-state index contributed by atoms with van der Waals surface area (Å²) >= 11 is 2.01. The zero-order chi connectivity index (χ0) is 15.1. The lowest BCUT2D eigenvalue weighted by atomic mass is 9.73. The number of nitrogens with zero attached hydrogens (tertiary/aromatic N) is 1. The maximum atomic E-state index is 13.9. The molecule has 0 unspecified atom stereocenters. The Morgan fingerprint density at radius 1 is 1.43 bits per heavy atom. The van der Waals surface area contributed by atoms with Crippen molar-refractivity contribution in [2.75, 3.05) is 7.05 Å². The van der Waals surface area contributed by atoms with Gasteiger partial charge in [-0.05, 0) is 72.5 Å². The molecule has 0 aromatic heterocycles. The van der Waals surface area contributed by atoms with Gasteiger partial charge in [-0.1, -0.05) is 13.0 Å². The molecule has 0 spiro atoms. The quantitative estimate of drug-likeness (QED) is 0.715. The van der Waals surface area contributed by atoms with E-state index >= 15 is 0 Å². The Balaban J connectivity index is 1.98. The van der Waals surface area contributed by atoms with Crippen LogP contribution in [-0.2, 0) is 4.79 Å². The number of rotatable bonds is 3. The van der Waals surface area contributed by atoms with E-state index in [0.717, 1.165) is 24.8 Å². The summed E-state index contributed by atoms with van der Waals surface area (Å²) in [5.74, 6) is 0.370. The molecule has 1 aromatic rings. The second kappa shape index (κ2) is 5.95. The SMILES string of the molecule is CCC(=O)[C@H]1[C@@H](c2ccc(I)c(F)c2)C[C@@H]2CC[C@H]1N2C. The molecule has 0 N–H and O–H groups in total. The number of benzene rings is 1. The van der Waals surface area contributed by atoms with Crippen LogP contribution in [0.25, 0.3) is 0 Å². The van der Waals surface area contributed by atoms with E-state index in [4.69, 9.17) is 0 Å². The average Bonchev–Trinajstić information content (AvgIpc) is 2.72. The van der Waals surface area contributed by atoms with E-state index in [1.54, 1.807) is 6.07 Å². The van der Waals surface area contributed by atoms with E-state index in [1.807, 2.05) is 41.6 Å². The summed E-state index contributed by atoms with van der Waals surface area (Å²) in [6.45, 7) is 1.94. The molecule has 0 amide bonds. The van der Waals surface area contributed by atoms with Gasteiger partial charge >= 0.3 is 0 Å². The van der Waals surface area contributed by atoms with Crippen molar-refractivity contribution in [1.82, 2.24) is 4.90 Å². The van der Waals surface area contributed by atoms with E-state index in [2.05, 4.69) is 11.9 Å². The van der Waals surface area contributed by atoms with Gasteiger partial charge in [0.1, 0.15) is 11.6 Å². The van der Waals surface area contributed by atoms with Crippen LogP contribution in [0.15, 0.2) is 18.2 Å². The third-order valence-electron chi connectivity index (χ3n) is 5.36. The monoisotopic (exact) mass is 401 g/mol. The van der Waals surface area contributed by atoms with Crippen LogP contribution < -0.4 is 0 Å². The van der Waals surface area contributed by atoms with Gasteiger partial charge in [0.05, 0.1) is 0 Å². The Hall–Kier alpha value is -0.490. The molecule has 2 aliphatic heterocycles. The average molecular weight is 401 g/mol. The molecule has 2 fully saturated rings.